The third-order valence-corrected chi connectivity index (χ3v) is 3.75. The molecule has 92 valence electrons. The molecule has 16 heavy (non-hydrogen) atoms. The average molecular weight is 227 g/mol. The van der Waals surface area contributed by atoms with Crippen molar-refractivity contribution in [1.29, 1.82) is 0 Å². The fraction of sp³-hybridized carbons (Fsp3) is 0.833. The maximum absolute atomic E-state index is 11.8. The lowest BCUT2D eigenvalue weighted by Gasteiger charge is -2.26. The van der Waals surface area contributed by atoms with Crippen LogP contribution in [0.2, 0.25) is 0 Å². The molecule has 0 bridgehead atoms. The molecule has 1 amide bonds. The number of carbonyl (C=O) groups is 2. The van der Waals surface area contributed by atoms with E-state index in [4.69, 9.17) is 0 Å². The molecule has 0 spiro atoms. The third-order valence-electron chi connectivity index (χ3n) is 3.75. The first-order valence-corrected chi connectivity index (χ1v) is 5.92. The van der Waals surface area contributed by atoms with E-state index >= 15 is 0 Å². The summed E-state index contributed by atoms with van der Waals surface area (Å²) in [6.07, 6.45) is 3.06. The number of amides is 1. The third kappa shape index (κ3) is 2.74. The molecule has 4 heteroatoms. The maximum Gasteiger partial charge on any atom is 0.310 e. The van der Waals surface area contributed by atoms with E-state index in [1.54, 1.807) is 0 Å². The lowest BCUT2D eigenvalue weighted by molar-refractivity contribution is -0.152. The van der Waals surface area contributed by atoms with Crippen LogP contribution in [0.1, 0.15) is 52.9 Å². The number of rotatable bonds is 6. The van der Waals surface area contributed by atoms with Crippen molar-refractivity contribution < 1.29 is 14.7 Å². The summed E-state index contributed by atoms with van der Waals surface area (Å²) in [4.78, 5) is 23.0. The molecule has 1 fully saturated rings. The molecule has 0 heterocycles. The topological polar surface area (TPSA) is 66.4 Å². The first kappa shape index (κ1) is 13.0. The van der Waals surface area contributed by atoms with E-state index in [9.17, 15) is 14.7 Å². The SMILES string of the molecule is CCC(CC)(CC(=O)NC1(C)CC1)C(=O)O. The van der Waals surface area contributed by atoms with Gasteiger partial charge in [0.1, 0.15) is 0 Å². The summed E-state index contributed by atoms with van der Waals surface area (Å²) in [5.74, 6) is -1.00. The summed E-state index contributed by atoms with van der Waals surface area (Å²) < 4.78 is 0. The Morgan fingerprint density at radius 2 is 1.81 bits per heavy atom. The van der Waals surface area contributed by atoms with Crippen LogP contribution in [0.3, 0.4) is 0 Å². The molecule has 1 saturated carbocycles. The minimum Gasteiger partial charge on any atom is -0.481 e. The standard InChI is InChI=1S/C12H21NO3/c1-4-12(5-2,10(15)16)8-9(14)13-11(3)6-7-11/h4-8H2,1-3H3,(H,13,14)(H,15,16). The summed E-state index contributed by atoms with van der Waals surface area (Å²) in [5.41, 5.74) is -0.960. The van der Waals surface area contributed by atoms with Gasteiger partial charge in [0.25, 0.3) is 0 Å². The van der Waals surface area contributed by atoms with E-state index in [1.807, 2.05) is 20.8 Å². The van der Waals surface area contributed by atoms with Crippen LogP contribution in [0.5, 0.6) is 0 Å². The minimum absolute atomic E-state index is 0.0667. The second-order valence-corrected chi connectivity index (χ2v) is 5.08. The smallest absolute Gasteiger partial charge is 0.310 e. The van der Waals surface area contributed by atoms with E-state index in [1.165, 1.54) is 0 Å². The second kappa shape index (κ2) is 4.44. The summed E-state index contributed by atoms with van der Waals surface area (Å²) >= 11 is 0. The largest absolute Gasteiger partial charge is 0.481 e. The van der Waals surface area contributed by atoms with Gasteiger partial charge in [0.2, 0.25) is 5.91 Å². The zero-order valence-electron chi connectivity index (χ0n) is 10.3. The number of nitrogens with one attached hydrogen (secondary N) is 1. The Bertz CT molecular complexity index is 291. The Morgan fingerprint density at radius 1 is 1.31 bits per heavy atom. The summed E-state index contributed by atoms with van der Waals surface area (Å²) in [5, 5.41) is 12.1. The summed E-state index contributed by atoms with van der Waals surface area (Å²) in [7, 11) is 0. The van der Waals surface area contributed by atoms with Gasteiger partial charge < -0.3 is 10.4 Å². The van der Waals surface area contributed by atoms with Gasteiger partial charge in [-0.25, -0.2) is 0 Å². The molecule has 0 aromatic carbocycles. The van der Waals surface area contributed by atoms with Crippen LogP contribution in [0.25, 0.3) is 0 Å². The minimum atomic E-state index is -0.894. The van der Waals surface area contributed by atoms with Crippen molar-refractivity contribution in [3.05, 3.63) is 0 Å². The highest BCUT2D eigenvalue weighted by Gasteiger charge is 2.42. The van der Waals surface area contributed by atoms with Crippen LogP contribution < -0.4 is 5.32 Å². The van der Waals surface area contributed by atoms with Crippen LogP contribution in [0, 0.1) is 5.41 Å². The van der Waals surface area contributed by atoms with Crippen molar-refractivity contribution in [1.82, 2.24) is 5.32 Å². The van der Waals surface area contributed by atoms with E-state index in [-0.39, 0.29) is 17.9 Å². The number of hydrogen-bond donors (Lipinski definition) is 2. The molecule has 1 aliphatic rings. The zero-order chi connectivity index (χ0) is 12.4. The summed E-state index contributed by atoms with van der Waals surface area (Å²) in [6, 6.07) is 0. The van der Waals surface area contributed by atoms with Gasteiger partial charge in [-0.15, -0.1) is 0 Å². The molecule has 0 unspecified atom stereocenters. The maximum atomic E-state index is 11.8. The molecule has 0 aromatic rings. The van der Waals surface area contributed by atoms with Gasteiger partial charge >= 0.3 is 5.97 Å². The van der Waals surface area contributed by atoms with E-state index in [2.05, 4.69) is 5.32 Å². The Hall–Kier alpha value is -1.06. The van der Waals surface area contributed by atoms with Crippen LogP contribution in [-0.4, -0.2) is 22.5 Å². The van der Waals surface area contributed by atoms with Gasteiger partial charge in [-0.05, 0) is 32.6 Å². The Morgan fingerprint density at radius 3 is 2.12 bits per heavy atom. The van der Waals surface area contributed by atoms with Crippen LogP contribution >= 0.6 is 0 Å². The molecule has 0 atom stereocenters. The highest BCUT2D eigenvalue weighted by Crippen LogP contribution is 2.36. The Labute approximate surface area is 96.4 Å². The van der Waals surface area contributed by atoms with Crippen molar-refractivity contribution in [2.24, 2.45) is 5.41 Å². The first-order valence-electron chi connectivity index (χ1n) is 5.92. The first-order chi connectivity index (χ1) is 7.37. The Kier molecular flexibility index (Phi) is 3.61. The summed E-state index contributed by atoms with van der Waals surface area (Å²) in [6.45, 7) is 5.64. The average Bonchev–Trinajstić information content (AvgIpc) is 2.92. The quantitative estimate of drug-likeness (QED) is 0.728. The molecular weight excluding hydrogens is 206 g/mol. The molecule has 0 aromatic heterocycles. The van der Waals surface area contributed by atoms with Crippen molar-refractivity contribution >= 4 is 11.9 Å². The van der Waals surface area contributed by atoms with Gasteiger partial charge in [0.15, 0.2) is 0 Å². The number of aliphatic carboxylic acids is 1. The predicted octanol–water partition coefficient (Wildman–Crippen LogP) is 1.94. The fourth-order valence-corrected chi connectivity index (χ4v) is 1.88. The molecule has 4 nitrogen and oxygen atoms in total. The number of carboxylic acids is 1. The van der Waals surface area contributed by atoms with E-state index in [0.717, 1.165) is 12.8 Å². The molecular formula is C12H21NO3. The lowest BCUT2D eigenvalue weighted by atomic mass is 9.79. The second-order valence-electron chi connectivity index (χ2n) is 5.08. The number of carboxylic acid groups (broad SMARTS) is 1. The van der Waals surface area contributed by atoms with E-state index < -0.39 is 11.4 Å². The zero-order valence-corrected chi connectivity index (χ0v) is 10.3. The number of carbonyl (C=O) groups excluding carboxylic acids is 1. The number of hydrogen-bond acceptors (Lipinski definition) is 2. The van der Waals surface area contributed by atoms with Crippen molar-refractivity contribution in [2.75, 3.05) is 0 Å². The van der Waals surface area contributed by atoms with Crippen molar-refractivity contribution in [2.45, 2.75) is 58.4 Å². The van der Waals surface area contributed by atoms with Crippen LogP contribution in [0.15, 0.2) is 0 Å². The van der Waals surface area contributed by atoms with Gasteiger partial charge in [-0.3, -0.25) is 9.59 Å². The van der Waals surface area contributed by atoms with Gasteiger partial charge in [0.05, 0.1) is 5.41 Å². The van der Waals surface area contributed by atoms with Crippen LogP contribution in [0.4, 0.5) is 0 Å². The lowest BCUT2D eigenvalue weighted by Crippen LogP contribution is -2.40. The van der Waals surface area contributed by atoms with Crippen molar-refractivity contribution in [3.8, 4) is 0 Å². The highest BCUT2D eigenvalue weighted by atomic mass is 16.4. The highest BCUT2D eigenvalue weighted by molar-refractivity contribution is 5.85. The monoisotopic (exact) mass is 227 g/mol. The van der Waals surface area contributed by atoms with Crippen molar-refractivity contribution in [3.63, 3.8) is 0 Å². The van der Waals surface area contributed by atoms with Gasteiger partial charge in [0, 0.05) is 12.0 Å². The van der Waals surface area contributed by atoms with Gasteiger partial charge in [-0.1, -0.05) is 13.8 Å². The molecule has 0 aliphatic heterocycles. The molecule has 2 N–H and O–H groups in total. The molecule has 1 rings (SSSR count). The predicted molar refractivity (Wildman–Crippen MR) is 61.0 cm³/mol. The molecule has 1 aliphatic carbocycles. The molecule has 0 radical (unpaired) electrons. The van der Waals surface area contributed by atoms with E-state index in [0.29, 0.717) is 12.8 Å². The normalized spacial score (nSPS) is 17.9. The molecule has 0 saturated heterocycles. The van der Waals surface area contributed by atoms with Gasteiger partial charge in [-0.2, -0.15) is 0 Å². The fourth-order valence-electron chi connectivity index (χ4n) is 1.88. The Balaban J connectivity index is 2.60. The van der Waals surface area contributed by atoms with Crippen LogP contribution in [-0.2, 0) is 9.59 Å².